The molecular weight excluding hydrogens is 225 g/mol. The normalized spacial score (nSPS) is 18.6. The Balaban J connectivity index is 2.05. The van der Waals surface area contributed by atoms with E-state index in [4.69, 9.17) is 0 Å². The minimum absolute atomic E-state index is 0.145. The Bertz CT molecular complexity index is 356. The lowest BCUT2D eigenvalue weighted by Crippen LogP contribution is -2.33. The van der Waals surface area contributed by atoms with Crippen LogP contribution in [0.5, 0.6) is 0 Å². The molecule has 1 aliphatic rings. The maximum absolute atomic E-state index is 13.0. The van der Waals surface area contributed by atoms with Crippen molar-refractivity contribution in [2.75, 3.05) is 0 Å². The summed E-state index contributed by atoms with van der Waals surface area (Å²) in [6.07, 6.45) is 6.21. The first-order chi connectivity index (χ1) is 8.74. The van der Waals surface area contributed by atoms with Crippen LogP contribution < -0.4 is 5.32 Å². The van der Waals surface area contributed by atoms with Gasteiger partial charge in [0.25, 0.3) is 0 Å². The van der Waals surface area contributed by atoms with Gasteiger partial charge < -0.3 is 5.32 Å². The van der Waals surface area contributed by atoms with Crippen LogP contribution in [0, 0.1) is 11.7 Å². The SMILES string of the molecule is CCCC(CC)NC(c1ccc(F)cc1)C1CC1. The molecule has 0 aromatic heterocycles. The van der Waals surface area contributed by atoms with Crippen LogP contribution in [0.25, 0.3) is 0 Å². The molecule has 1 N–H and O–H groups in total. The average Bonchev–Trinajstić information content (AvgIpc) is 3.20. The molecule has 0 bridgehead atoms. The van der Waals surface area contributed by atoms with Gasteiger partial charge in [-0.2, -0.15) is 0 Å². The van der Waals surface area contributed by atoms with Crippen LogP contribution in [0.2, 0.25) is 0 Å². The van der Waals surface area contributed by atoms with Crippen LogP contribution in [-0.4, -0.2) is 6.04 Å². The number of benzene rings is 1. The smallest absolute Gasteiger partial charge is 0.123 e. The highest BCUT2D eigenvalue weighted by molar-refractivity contribution is 5.22. The zero-order valence-corrected chi connectivity index (χ0v) is 11.5. The molecule has 1 nitrogen and oxygen atoms in total. The fourth-order valence-corrected chi connectivity index (χ4v) is 2.61. The number of hydrogen-bond donors (Lipinski definition) is 1. The molecule has 1 saturated carbocycles. The number of rotatable bonds is 7. The molecule has 1 fully saturated rings. The summed E-state index contributed by atoms with van der Waals surface area (Å²) in [4.78, 5) is 0. The molecule has 1 aromatic rings. The number of hydrogen-bond acceptors (Lipinski definition) is 1. The van der Waals surface area contributed by atoms with E-state index >= 15 is 0 Å². The summed E-state index contributed by atoms with van der Waals surface area (Å²) in [7, 11) is 0. The van der Waals surface area contributed by atoms with Crippen LogP contribution >= 0.6 is 0 Å². The van der Waals surface area contributed by atoms with Gasteiger partial charge in [-0.1, -0.05) is 32.4 Å². The van der Waals surface area contributed by atoms with Crippen molar-refractivity contribution < 1.29 is 4.39 Å². The van der Waals surface area contributed by atoms with Gasteiger partial charge in [-0.15, -0.1) is 0 Å². The molecule has 100 valence electrons. The van der Waals surface area contributed by atoms with Gasteiger partial charge in [0.2, 0.25) is 0 Å². The van der Waals surface area contributed by atoms with E-state index in [1.54, 1.807) is 12.1 Å². The Morgan fingerprint density at radius 1 is 1.22 bits per heavy atom. The first-order valence-corrected chi connectivity index (χ1v) is 7.26. The van der Waals surface area contributed by atoms with E-state index in [1.807, 2.05) is 12.1 Å². The van der Waals surface area contributed by atoms with Gasteiger partial charge in [-0.05, 0) is 49.3 Å². The quantitative estimate of drug-likeness (QED) is 0.753. The average molecular weight is 249 g/mol. The third-order valence-corrected chi connectivity index (χ3v) is 3.87. The zero-order valence-electron chi connectivity index (χ0n) is 11.5. The predicted molar refractivity (Wildman–Crippen MR) is 74.0 cm³/mol. The van der Waals surface area contributed by atoms with E-state index in [2.05, 4.69) is 19.2 Å². The highest BCUT2D eigenvalue weighted by Crippen LogP contribution is 2.41. The summed E-state index contributed by atoms with van der Waals surface area (Å²) >= 11 is 0. The van der Waals surface area contributed by atoms with Gasteiger partial charge in [-0.25, -0.2) is 4.39 Å². The first-order valence-electron chi connectivity index (χ1n) is 7.26. The van der Waals surface area contributed by atoms with Gasteiger partial charge in [0.05, 0.1) is 0 Å². The summed E-state index contributed by atoms with van der Waals surface area (Å²) in [6, 6.07) is 8.03. The predicted octanol–water partition coefficient (Wildman–Crippen LogP) is 4.45. The van der Waals surface area contributed by atoms with Crippen molar-refractivity contribution in [3.05, 3.63) is 35.6 Å². The fraction of sp³-hybridized carbons (Fsp3) is 0.625. The van der Waals surface area contributed by atoms with Gasteiger partial charge in [0.1, 0.15) is 5.82 Å². The molecule has 0 heterocycles. The lowest BCUT2D eigenvalue weighted by Gasteiger charge is -2.25. The molecule has 2 atom stereocenters. The van der Waals surface area contributed by atoms with Crippen molar-refractivity contribution >= 4 is 0 Å². The van der Waals surface area contributed by atoms with E-state index < -0.39 is 0 Å². The Hall–Kier alpha value is -0.890. The maximum atomic E-state index is 13.0. The molecule has 1 aliphatic carbocycles. The highest BCUT2D eigenvalue weighted by atomic mass is 19.1. The zero-order chi connectivity index (χ0) is 13.0. The van der Waals surface area contributed by atoms with Crippen molar-refractivity contribution in [2.45, 2.75) is 58.0 Å². The molecule has 2 heteroatoms. The van der Waals surface area contributed by atoms with Gasteiger partial charge in [0, 0.05) is 12.1 Å². The monoisotopic (exact) mass is 249 g/mol. The molecule has 2 unspecified atom stereocenters. The summed E-state index contributed by atoms with van der Waals surface area (Å²) in [5.74, 6) is 0.607. The minimum atomic E-state index is -0.145. The van der Waals surface area contributed by atoms with E-state index in [-0.39, 0.29) is 5.82 Å². The molecule has 0 spiro atoms. The van der Waals surface area contributed by atoms with E-state index in [0.717, 1.165) is 12.3 Å². The Kier molecular flexibility index (Phi) is 4.76. The Morgan fingerprint density at radius 3 is 2.39 bits per heavy atom. The molecule has 0 amide bonds. The fourth-order valence-electron chi connectivity index (χ4n) is 2.61. The summed E-state index contributed by atoms with van der Waals surface area (Å²) in [5, 5.41) is 3.78. The Morgan fingerprint density at radius 2 is 1.89 bits per heavy atom. The Labute approximate surface area is 110 Å². The lowest BCUT2D eigenvalue weighted by atomic mass is 9.99. The van der Waals surface area contributed by atoms with E-state index in [0.29, 0.717) is 12.1 Å². The number of halogens is 1. The summed E-state index contributed by atoms with van der Waals surface area (Å²) in [6.45, 7) is 4.47. The number of nitrogens with one attached hydrogen (secondary N) is 1. The maximum Gasteiger partial charge on any atom is 0.123 e. The largest absolute Gasteiger partial charge is 0.307 e. The second-order valence-electron chi connectivity index (χ2n) is 5.43. The molecular formula is C16H24FN. The van der Waals surface area contributed by atoms with Crippen molar-refractivity contribution in [1.29, 1.82) is 0 Å². The van der Waals surface area contributed by atoms with Crippen molar-refractivity contribution in [3.63, 3.8) is 0 Å². The third kappa shape index (κ3) is 3.55. The minimum Gasteiger partial charge on any atom is -0.307 e. The van der Waals surface area contributed by atoms with Crippen molar-refractivity contribution in [2.24, 2.45) is 5.92 Å². The van der Waals surface area contributed by atoms with Gasteiger partial charge in [-0.3, -0.25) is 0 Å². The van der Waals surface area contributed by atoms with Gasteiger partial charge >= 0.3 is 0 Å². The third-order valence-electron chi connectivity index (χ3n) is 3.87. The van der Waals surface area contributed by atoms with E-state index in [9.17, 15) is 4.39 Å². The molecule has 2 rings (SSSR count). The topological polar surface area (TPSA) is 12.0 Å². The van der Waals surface area contributed by atoms with Crippen LogP contribution in [0.3, 0.4) is 0 Å². The van der Waals surface area contributed by atoms with Crippen LogP contribution in [0.1, 0.15) is 57.6 Å². The van der Waals surface area contributed by atoms with Gasteiger partial charge in [0.15, 0.2) is 0 Å². The van der Waals surface area contributed by atoms with E-state index in [1.165, 1.54) is 31.2 Å². The highest BCUT2D eigenvalue weighted by Gasteiger charge is 2.33. The van der Waals surface area contributed by atoms with Crippen LogP contribution in [-0.2, 0) is 0 Å². The van der Waals surface area contributed by atoms with Crippen molar-refractivity contribution in [1.82, 2.24) is 5.32 Å². The molecule has 0 radical (unpaired) electrons. The summed E-state index contributed by atoms with van der Waals surface area (Å²) < 4.78 is 13.0. The van der Waals surface area contributed by atoms with Crippen LogP contribution in [0.15, 0.2) is 24.3 Å². The van der Waals surface area contributed by atoms with Crippen LogP contribution in [0.4, 0.5) is 4.39 Å². The summed E-state index contributed by atoms with van der Waals surface area (Å²) in [5.41, 5.74) is 1.24. The molecule has 18 heavy (non-hydrogen) atoms. The lowest BCUT2D eigenvalue weighted by molar-refractivity contribution is 0.375. The molecule has 1 aromatic carbocycles. The second kappa shape index (κ2) is 6.33. The molecule has 0 saturated heterocycles. The second-order valence-corrected chi connectivity index (χ2v) is 5.43. The first kappa shape index (κ1) is 13.5. The molecule has 0 aliphatic heterocycles. The standard InChI is InChI=1S/C16H24FN/c1-3-5-15(4-2)18-16(12-6-7-12)13-8-10-14(17)11-9-13/h8-12,15-16,18H,3-7H2,1-2H3. The van der Waals surface area contributed by atoms with Crippen molar-refractivity contribution in [3.8, 4) is 0 Å².